The third-order valence-electron chi connectivity index (χ3n) is 18.4. The third kappa shape index (κ3) is 33.1. The van der Waals surface area contributed by atoms with Crippen molar-refractivity contribution < 1.29 is 61.9 Å². The summed E-state index contributed by atoms with van der Waals surface area (Å²) in [5.74, 6) is -1.34. The van der Waals surface area contributed by atoms with Gasteiger partial charge in [0.25, 0.3) is 0 Å². The SMILES string of the molecule is C.C.C.C.C.CC1CCCCN1CCCOC(=O)c1ccc(OC2CCCCC2)cc1.CCN(CC)CC(C)(C)COC(=O)c1ccc(N)cc1.CCN(CC)CCOC(=O)c1ccc(C)cc1Cl.CCOC(=O)c1ccc(C)cc1.COC(=O)C1C2CC[C@H](C[C@@H]1OC(=O)c1ccccc1)N2C. The fourth-order valence-electron chi connectivity index (χ4n) is 12.5. The van der Waals surface area contributed by atoms with Crippen LogP contribution < -0.4 is 10.5 Å². The van der Waals surface area contributed by atoms with Gasteiger partial charge in [0.2, 0.25) is 0 Å². The zero-order valence-corrected chi connectivity index (χ0v) is 61.3. The number of esters is 6. The topological polar surface area (TPSA) is 206 Å². The van der Waals surface area contributed by atoms with Crippen LogP contribution in [0.15, 0.2) is 121 Å². The summed E-state index contributed by atoms with van der Waals surface area (Å²) in [5, 5.41) is 0.447. The van der Waals surface area contributed by atoms with E-state index in [-0.39, 0.29) is 84.4 Å². The second-order valence-electron chi connectivity index (χ2n) is 26.4. The van der Waals surface area contributed by atoms with Gasteiger partial charge in [-0.3, -0.25) is 9.69 Å². The molecule has 0 radical (unpaired) electrons. The molecule has 1 saturated carbocycles. The van der Waals surface area contributed by atoms with Crippen molar-refractivity contribution in [3.63, 3.8) is 0 Å². The average Bonchev–Trinajstić information content (AvgIpc) is 1.65. The highest BCUT2D eigenvalue weighted by Gasteiger charge is 2.51. The normalized spacial score (nSPS) is 17.4. The quantitative estimate of drug-likeness (QED) is 0.0249. The number of methoxy groups -OCH3 is 1. The monoisotopic (exact) mass is 1450 g/mol. The van der Waals surface area contributed by atoms with Gasteiger partial charge >= 0.3 is 35.8 Å². The second-order valence-corrected chi connectivity index (χ2v) is 26.8. The van der Waals surface area contributed by atoms with E-state index in [1.165, 1.54) is 52.2 Å². The van der Waals surface area contributed by atoms with E-state index in [0.717, 1.165) is 94.8 Å². The van der Waals surface area contributed by atoms with Crippen molar-refractivity contribution in [2.75, 3.05) is 98.7 Å². The largest absolute Gasteiger partial charge is 0.490 e. The number of ether oxygens (including phenoxy) is 7. The molecule has 9 rings (SSSR count). The van der Waals surface area contributed by atoms with Crippen LogP contribution in [0.5, 0.6) is 5.75 Å². The summed E-state index contributed by atoms with van der Waals surface area (Å²) in [4.78, 5) is 80.8. The van der Waals surface area contributed by atoms with Crippen LogP contribution in [0.2, 0.25) is 5.02 Å². The summed E-state index contributed by atoms with van der Waals surface area (Å²) >= 11 is 6.01. The molecule has 5 atom stereocenters. The summed E-state index contributed by atoms with van der Waals surface area (Å²) < 4.78 is 37.5. The van der Waals surface area contributed by atoms with E-state index in [9.17, 15) is 28.8 Å². The van der Waals surface area contributed by atoms with E-state index < -0.39 is 12.0 Å². The molecular formula is C84H132ClN5O13. The third-order valence-corrected chi connectivity index (χ3v) is 18.7. The van der Waals surface area contributed by atoms with E-state index >= 15 is 0 Å². The zero-order chi connectivity index (χ0) is 71.6. The van der Waals surface area contributed by atoms with Crippen LogP contribution in [-0.2, 0) is 33.2 Å². The van der Waals surface area contributed by atoms with Gasteiger partial charge in [-0.25, -0.2) is 24.0 Å². The molecule has 2 N–H and O–H groups in total. The maximum atomic E-state index is 12.3. The van der Waals surface area contributed by atoms with Gasteiger partial charge in [0.1, 0.15) is 24.4 Å². The molecule has 0 spiro atoms. The van der Waals surface area contributed by atoms with Crippen molar-refractivity contribution in [2.45, 2.75) is 214 Å². The number of nitrogens with two attached hydrogens (primary N) is 1. The smallest absolute Gasteiger partial charge is 0.339 e. The number of carbonyl (C=O) groups is 6. The van der Waals surface area contributed by atoms with Gasteiger partial charge in [-0.1, -0.05) is 145 Å². The maximum Gasteiger partial charge on any atom is 0.339 e. The first-order valence-corrected chi connectivity index (χ1v) is 35.8. The maximum absolute atomic E-state index is 12.3. The molecule has 19 heteroatoms. The molecule has 2 bridgehead atoms. The Kier molecular flexibility index (Phi) is 47.3. The highest BCUT2D eigenvalue weighted by Crippen LogP contribution is 2.40. The lowest BCUT2D eigenvalue weighted by Gasteiger charge is -2.40. The predicted molar refractivity (Wildman–Crippen MR) is 422 cm³/mol. The van der Waals surface area contributed by atoms with Crippen LogP contribution >= 0.6 is 11.6 Å². The molecule has 4 fully saturated rings. The van der Waals surface area contributed by atoms with Gasteiger partial charge in [-0.15, -0.1) is 0 Å². The van der Waals surface area contributed by atoms with Gasteiger partial charge in [-0.05, 0) is 216 Å². The fourth-order valence-corrected chi connectivity index (χ4v) is 12.8. The summed E-state index contributed by atoms with van der Waals surface area (Å²) in [7, 11) is 3.42. The lowest BCUT2D eigenvalue weighted by molar-refractivity contribution is -0.156. The van der Waals surface area contributed by atoms with Crippen molar-refractivity contribution in [1.82, 2.24) is 19.6 Å². The number of halogens is 1. The Bertz CT molecular complexity index is 3180. The number of aryl methyl sites for hydroxylation is 2. The Hall–Kier alpha value is -7.35. The van der Waals surface area contributed by atoms with E-state index in [4.69, 9.17) is 50.5 Å². The lowest BCUT2D eigenvalue weighted by Crippen LogP contribution is -2.53. The number of likely N-dealkylation sites (N-methyl/N-ethyl adjacent to an activating group) is 1. The molecule has 5 aromatic carbocycles. The number of nitrogens with zero attached hydrogens (tertiary/aromatic N) is 4. The minimum atomic E-state index is -0.408. The van der Waals surface area contributed by atoms with Crippen molar-refractivity contribution in [2.24, 2.45) is 11.3 Å². The minimum Gasteiger partial charge on any atom is -0.490 e. The van der Waals surface area contributed by atoms with Gasteiger partial charge < -0.3 is 53.6 Å². The number of likely N-dealkylation sites (tertiary alicyclic amines) is 1. The molecule has 103 heavy (non-hydrogen) atoms. The van der Waals surface area contributed by atoms with Gasteiger partial charge in [0.05, 0.1) is 65.9 Å². The summed E-state index contributed by atoms with van der Waals surface area (Å²) in [6.07, 6.45) is 13.5. The van der Waals surface area contributed by atoms with Crippen LogP contribution in [0.1, 0.15) is 232 Å². The molecule has 1 aliphatic carbocycles. The Balaban J connectivity index is 0.00000127. The number of nitrogen functional groups attached to an aromatic ring is 1. The summed E-state index contributed by atoms with van der Waals surface area (Å²) in [6, 6.07) is 36.9. The average molecular weight is 1460 g/mol. The zero-order valence-electron chi connectivity index (χ0n) is 60.5. The molecule has 3 aliphatic heterocycles. The second kappa shape index (κ2) is 50.9. The first kappa shape index (κ1) is 95.6. The Morgan fingerprint density at radius 1 is 0.592 bits per heavy atom. The standard InChI is InChI=1S/C22H33NO3.C17H21NO4.C16H26N2O2.C14H20ClNO2.C10H12O2.5CH4/c1-18-8-5-6-15-23(18)16-7-17-25-22(24)19-11-13-21(14-12-19)26-20-9-3-2-4-10-20;1-18-12-8-9-13(18)15(17(20)21-2)14(10-12)22-16(19)11-6-4-3-5-7-11;1-5-18(6-2)11-16(3,4)12-20-15(19)13-7-9-14(17)10-8-13;1-4-16(5-2)8-9-18-14(17)12-7-6-11(3)10-13(12)15;1-3-12-10(11)9-6-4-8(2)5-7-9;;;;;/h11-14,18,20H,2-10,15-17H2,1H3;3-7,12-15H,8-10H2,1-2H3;7-10H,5-6,11-12,17H2,1-4H3;6-7,10H,4-5,8-9H2,1-3H3;4-7H,3H2,1-2H3;5*1H4/t;12-,13?,14+,15?;;;;;;;;/m.1......../s1. The van der Waals surface area contributed by atoms with Crippen LogP contribution in [0.25, 0.3) is 0 Å². The lowest BCUT2D eigenvalue weighted by atomic mass is 9.87. The Morgan fingerprint density at radius 3 is 1.69 bits per heavy atom. The molecule has 3 heterocycles. The van der Waals surface area contributed by atoms with Crippen molar-refractivity contribution >= 4 is 53.1 Å². The summed E-state index contributed by atoms with van der Waals surface area (Å²) in [5.41, 5.74) is 11.0. The molecule has 3 saturated heterocycles. The van der Waals surface area contributed by atoms with Crippen LogP contribution in [0.4, 0.5) is 5.69 Å². The highest BCUT2D eigenvalue weighted by molar-refractivity contribution is 6.33. The predicted octanol–water partition coefficient (Wildman–Crippen LogP) is 18.0. The number of anilines is 1. The summed E-state index contributed by atoms with van der Waals surface area (Å²) in [6.45, 7) is 30.2. The van der Waals surface area contributed by atoms with Gasteiger partial charge in [-0.2, -0.15) is 0 Å². The number of piperidine rings is 2. The number of benzene rings is 5. The first-order valence-electron chi connectivity index (χ1n) is 35.4. The molecule has 3 unspecified atom stereocenters. The number of fused-ring (bicyclic) bond motifs is 2. The van der Waals surface area contributed by atoms with Gasteiger partial charge in [0, 0.05) is 55.3 Å². The number of rotatable bonds is 25. The van der Waals surface area contributed by atoms with E-state index in [0.29, 0.717) is 89.6 Å². The number of hydrogen-bond acceptors (Lipinski definition) is 18. The first-order chi connectivity index (χ1) is 47.0. The van der Waals surface area contributed by atoms with E-state index in [2.05, 4.69) is 68.1 Å². The minimum absolute atomic E-state index is 0. The molecular weight excluding hydrogens is 1320 g/mol. The number of carbonyl (C=O) groups excluding carboxylic acids is 6. The van der Waals surface area contributed by atoms with Crippen LogP contribution in [0.3, 0.4) is 0 Å². The van der Waals surface area contributed by atoms with Crippen molar-refractivity contribution in [3.8, 4) is 5.75 Å². The van der Waals surface area contributed by atoms with E-state index in [1.807, 2.05) is 69.4 Å². The molecule has 4 aliphatic rings. The van der Waals surface area contributed by atoms with Crippen LogP contribution in [0, 0.1) is 25.2 Å². The van der Waals surface area contributed by atoms with Crippen molar-refractivity contribution in [1.29, 1.82) is 0 Å². The Labute approximate surface area is 626 Å². The molecule has 0 aromatic heterocycles. The molecule has 0 amide bonds. The molecule has 18 nitrogen and oxygen atoms in total. The molecule has 578 valence electrons. The van der Waals surface area contributed by atoms with Gasteiger partial charge in [0.15, 0.2) is 0 Å². The fraction of sp³-hybridized carbons (Fsp3) is 0.571. The Morgan fingerprint density at radius 2 is 1.13 bits per heavy atom. The number of hydrogen-bond donors (Lipinski definition) is 1. The van der Waals surface area contributed by atoms with Crippen LogP contribution in [-0.4, -0.2) is 179 Å². The molecule has 5 aromatic rings. The van der Waals surface area contributed by atoms with E-state index in [1.54, 1.807) is 79.7 Å². The van der Waals surface area contributed by atoms with Crippen molar-refractivity contribution in [3.05, 3.63) is 165 Å². The highest BCUT2D eigenvalue weighted by atomic mass is 35.5.